The third-order valence-corrected chi connectivity index (χ3v) is 6.31. The van der Waals surface area contributed by atoms with Crippen LogP contribution in [0.2, 0.25) is 0 Å². The molecule has 0 amide bonds. The molecule has 0 bridgehead atoms. The Bertz CT molecular complexity index is 333. The molecule has 3 rings (SSSR count). The van der Waals surface area contributed by atoms with Crippen LogP contribution in [-0.4, -0.2) is 59.8 Å². The molecule has 0 aromatic heterocycles. The van der Waals surface area contributed by atoms with Crippen LogP contribution >= 0.6 is 0 Å². The fourth-order valence-corrected chi connectivity index (χ4v) is 4.87. The molecule has 2 heterocycles. The van der Waals surface area contributed by atoms with Gasteiger partial charge < -0.3 is 10.0 Å². The maximum atomic E-state index is 10.4. The van der Waals surface area contributed by atoms with Crippen molar-refractivity contribution in [3.05, 3.63) is 0 Å². The van der Waals surface area contributed by atoms with Gasteiger partial charge in [-0.3, -0.25) is 4.90 Å². The van der Waals surface area contributed by atoms with Crippen molar-refractivity contribution in [2.45, 2.75) is 64.5 Å². The first-order valence-electron chi connectivity index (χ1n) is 9.28. The van der Waals surface area contributed by atoms with Crippen molar-refractivity contribution < 1.29 is 5.11 Å². The van der Waals surface area contributed by atoms with Gasteiger partial charge in [-0.05, 0) is 75.9 Å². The molecular formula is C18H34N2O. The molecule has 3 fully saturated rings. The van der Waals surface area contributed by atoms with Gasteiger partial charge in [0, 0.05) is 19.1 Å². The summed E-state index contributed by atoms with van der Waals surface area (Å²) >= 11 is 0. The molecule has 0 aromatic carbocycles. The minimum atomic E-state index is -0.0528. The van der Waals surface area contributed by atoms with E-state index < -0.39 is 0 Å². The lowest BCUT2D eigenvalue weighted by atomic mass is 9.74. The largest absolute Gasteiger partial charge is 0.393 e. The van der Waals surface area contributed by atoms with Gasteiger partial charge in [0.2, 0.25) is 0 Å². The summed E-state index contributed by atoms with van der Waals surface area (Å²) in [5.41, 5.74) is 0. The molecule has 4 atom stereocenters. The highest BCUT2D eigenvalue weighted by Gasteiger charge is 2.34. The second-order valence-corrected chi connectivity index (χ2v) is 8.09. The minimum absolute atomic E-state index is 0.0528. The van der Waals surface area contributed by atoms with Gasteiger partial charge in [-0.25, -0.2) is 0 Å². The van der Waals surface area contributed by atoms with Crippen LogP contribution in [0.1, 0.15) is 52.4 Å². The van der Waals surface area contributed by atoms with E-state index in [1.54, 1.807) is 0 Å². The van der Waals surface area contributed by atoms with E-state index in [0.717, 1.165) is 30.8 Å². The Hall–Kier alpha value is -0.120. The van der Waals surface area contributed by atoms with E-state index in [9.17, 15) is 5.11 Å². The summed E-state index contributed by atoms with van der Waals surface area (Å²) in [7, 11) is 0. The number of rotatable bonds is 3. The molecule has 2 saturated heterocycles. The number of nitrogens with zero attached hydrogens (tertiary/aromatic N) is 2. The molecule has 0 spiro atoms. The molecule has 0 radical (unpaired) electrons. The first-order valence-corrected chi connectivity index (χ1v) is 9.28. The highest BCUT2D eigenvalue weighted by Crippen LogP contribution is 2.35. The fourth-order valence-electron chi connectivity index (χ4n) is 4.87. The molecule has 0 aromatic rings. The highest BCUT2D eigenvalue weighted by atomic mass is 16.3. The molecule has 2 aliphatic heterocycles. The summed E-state index contributed by atoms with van der Waals surface area (Å²) < 4.78 is 0. The van der Waals surface area contributed by atoms with Gasteiger partial charge in [-0.1, -0.05) is 13.8 Å². The summed E-state index contributed by atoms with van der Waals surface area (Å²) in [5, 5.41) is 10.4. The molecule has 4 unspecified atom stereocenters. The van der Waals surface area contributed by atoms with Gasteiger partial charge in [-0.15, -0.1) is 0 Å². The van der Waals surface area contributed by atoms with Crippen molar-refractivity contribution in [1.29, 1.82) is 0 Å². The van der Waals surface area contributed by atoms with Crippen molar-refractivity contribution in [2.75, 3.05) is 32.7 Å². The van der Waals surface area contributed by atoms with E-state index in [1.807, 2.05) is 0 Å². The van der Waals surface area contributed by atoms with E-state index >= 15 is 0 Å². The number of aliphatic hydroxyl groups is 1. The molecule has 3 heteroatoms. The Kier molecular flexibility index (Phi) is 5.23. The summed E-state index contributed by atoms with van der Waals surface area (Å²) in [6.45, 7) is 10.9. The third kappa shape index (κ3) is 3.80. The molecule has 21 heavy (non-hydrogen) atoms. The average molecular weight is 294 g/mol. The third-order valence-electron chi connectivity index (χ3n) is 6.31. The monoisotopic (exact) mass is 294 g/mol. The van der Waals surface area contributed by atoms with Crippen LogP contribution in [0.15, 0.2) is 0 Å². The Balaban J connectivity index is 1.56. The second kappa shape index (κ2) is 6.97. The van der Waals surface area contributed by atoms with Gasteiger partial charge in [0.15, 0.2) is 0 Å². The number of aliphatic hydroxyl groups excluding tert-OH is 1. The molecule has 3 nitrogen and oxygen atoms in total. The summed E-state index contributed by atoms with van der Waals surface area (Å²) in [5.74, 6) is 2.11. The topological polar surface area (TPSA) is 26.7 Å². The van der Waals surface area contributed by atoms with Crippen LogP contribution < -0.4 is 0 Å². The summed E-state index contributed by atoms with van der Waals surface area (Å²) in [4.78, 5) is 5.38. The number of hydrogen-bond acceptors (Lipinski definition) is 3. The first-order chi connectivity index (χ1) is 10.1. The Morgan fingerprint density at radius 3 is 2.67 bits per heavy atom. The minimum Gasteiger partial charge on any atom is -0.393 e. The highest BCUT2D eigenvalue weighted by molar-refractivity contribution is 4.88. The summed E-state index contributed by atoms with van der Waals surface area (Å²) in [6.07, 6.45) is 7.53. The zero-order chi connectivity index (χ0) is 14.8. The lowest BCUT2D eigenvalue weighted by Gasteiger charge is -2.38. The predicted molar refractivity (Wildman–Crippen MR) is 87.3 cm³/mol. The van der Waals surface area contributed by atoms with Crippen LogP contribution in [0.4, 0.5) is 0 Å². The molecule has 1 N–H and O–H groups in total. The number of hydrogen-bond donors (Lipinski definition) is 1. The van der Waals surface area contributed by atoms with Gasteiger partial charge in [0.1, 0.15) is 0 Å². The smallest absolute Gasteiger partial charge is 0.0580 e. The van der Waals surface area contributed by atoms with Crippen LogP contribution in [0.25, 0.3) is 0 Å². The van der Waals surface area contributed by atoms with Gasteiger partial charge in [0.05, 0.1) is 6.10 Å². The van der Waals surface area contributed by atoms with E-state index in [-0.39, 0.29) is 6.10 Å². The Labute approximate surface area is 130 Å². The first kappa shape index (κ1) is 15.8. The Morgan fingerprint density at radius 2 is 1.86 bits per heavy atom. The maximum Gasteiger partial charge on any atom is 0.0580 e. The lowest BCUT2D eigenvalue weighted by molar-refractivity contribution is 0.0176. The quantitative estimate of drug-likeness (QED) is 0.867. The Morgan fingerprint density at radius 1 is 1.05 bits per heavy atom. The molecular weight excluding hydrogens is 260 g/mol. The van der Waals surface area contributed by atoms with Gasteiger partial charge in [-0.2, -0.15) is 0 Å². The van der Waals surface area contributed by atoms with Crippen LogP contribution in [-0.2, 0) is 0 Å². The zero-order valence-corrected chi connectivity index (χ0v) is 14.0. The maximum absolute atomic E-state index is 10.4. The fraction of sp³-hybridized carbons (Fsp3) is 1.00. The molecule has 122 valence electrons. The van der Waals surface area contributed by atoms with Crippen LogP contribution in [0, 0.1) is 17.8 Å². The summed E-state index contributed by atoms with van der Waals surface area (Å²) in [6, 6.07) is 0.800. The van der Waals surface area contributed by atoms with Crippen LogP contribution in [0.5, 0.6) is 0 Å². The van der Waals surface area contributed by atoms with Crippen molar-refractivity contribution in [3.63, 3.8) is 0 Å². The van der Waals surface area contributed by atoms with Crippen molar-refractivity contribution in [3.8, 4) is 0 Å². The van der Waals surface area contributed by atoms with Gasteiger partial charge >= 0.3 is 0 Å². The van der Waals surface area contributed by atoms with E-state index in [1.165, 1.54) is 58.3 Å². The van der Waals surface area contributed by atoms with Crippen molar-refractivity contribution >= 4 is 0 Å². The molecule has 1 aliphatic carbocycles. The van der Waals surface area contributed by atoms with E-state index in [2.05, 4.69) is 23.6 Å². The number of fused-ring (bicyclic) bond motifs is 1. The lowest BCUT2D eigenvalue weighted by Crippen LogP contribution is -2.43. The van der Waals surface area contributed by atoms with Gasteiger partial charge in [0.25, 0.3) is 0 Å². The normalized spacial score (nSPS) is 39.4. The predicted octanol–water partition coefficient (Wildman–Crippen LogP) is 2.59. The zero-order valence-electron chi connectivity index (χ0n) is 14.0. The second-order valence-electron chi connectivity index (χ2n) is 8.09. The van der Waals surface area contributed by atoms with E-state index in [4.69, 9.17) is 0 Å². The van der Waals surface area contributed by atoms with Crippen LogP contribution in [0.3, 0.4) is 0 Å². The SMILES string of the molecule is CC(C)C1CCC(O)C(CN2CCCN3CCCC3C2)C1. The van der Waals surface area contributed by atoms with Crippen molar-refractivity contribution in [1.82, 2.24) is 9.80 Å². The van der Waals surface area contributed by atoms with Crippen molar-refractivity contribution in [2.24, 2.45) is 17.8 Å². The standard InChI is InChI=1S/C18H34N2O/c1-14(2)15-6-7-18(21)16(11-15)12-19-8-4-10-20-9-3-5-17(20)13-19/h14-18,21H,3-13H2,1-2H3. The molecule has 1 saturated carbocycles. The van der Waals surface area contributed by atoms with E-state index in [0.29, 0.717) is 5.92 Å². The average Bonchev–Trinajstić information content (AvgIpc) is 2.80. The molecule has 3 aliphatic rings.